The monoisotopic (exact) mass is 294 g/mol. The molecule has 19 heavy (non-hydrogen) atoms. The normalized spacial score (nSPS) is 13.9. The molecule has 2 unspecified atom stereocenters. The lowest BCUT2D eigenvalue weighted by molar-refractivity contribution is 0.487. The molecule has 0 saturated heterocycles. The van der Waals surface area contributed by atoms with Gasteiger partial charge in [-0.15, -0.1) is 0 Å². The summed E-state index contributed by atoms with van der Waals surface area (Å²) in [5, 5.41) is 0. The van der Waals surface area contributed by atoms with E-state index in [1.807, 2.05) is 60.7 Å². The zero-order valence-electron chi connectivity index (χ0n) is 10.4. The molecule has 0 amide bonds. The highest BCUT2D eigenvalue weighted by Crippen LogP contribution is 2.42. The molecule has 0 spiro atoms. The van der Waals surface area contributed by atoms with Crippen molar-refractivity contribution in [1.82, 2.24) is 0 Å². The molecule has 2 atom stereocenters. The molecule has 0 aromatic heterocycles. The molecule has 2 aromatic rings. The number of hydrogen-bond acceptors (Lipinski definition) is 3. The fourth-order valence-electron chi connectivity index (χ4n) is 1.72. The van der Waals surface area contributed by atoms with E-state index in [9.17, 15) is 9.13 Å². The van der Waals surface area contributed by atoms with E-state index in [-0.39, 0.29) is 0 Å². The molecular weight excluding hydrogens is 278 g/mol. The Hall–Kier alpha value is -1.14. The Balaban J connectivity index is 1.84. The highest BCUT2D eigenvalue weighted by Gasteiger charge is 2.07. The van der Waals surface area contributed by atoms with Crippen molar-refractivity contribution in [2.24, 2.45) is 0 Å². The highest BCUT2D eigenvalue weighted by atomic mass is 31.2. The molecule has 0 fully saturated rings. The molecule has 0 bridgehead atoms. The largest absolute Gasteiger partial charge is 0.296 e. The molecule has 0 aliphatic rings. The lowest BCUT2D eigenvalue weighted by atomic mass is 10.2. The van der Waals surface area contributed by atoms with Gasteiger partial charge in [0.05, 0.1) is 0 Å². The van der Waals surface area contributed by atoms with Crippen LogP contribution in [0.15, 0.2) is 60.7 Å². The van der Waals surface area contributed by atoms with E-state index in [2.05, 4.69) is 0 Å². The van der Waals surface area contributed by atoms with E-state index in [0.717, 1.165) is 11.1 Å². The highest BCUT2D eigenvalue weighted by molar-refractivity contribution is 7.52. The minimum Gasteiger partial charge on any atom is -0.296 e. The maximum Gasteiger partial charge on any atom is 0.201 e. The van der Waals surface area contributed by atoms with Crippen LogP contribution in [-0.2, 0) is 25.8 Å². The van der Waals surface area contributed by atoms with Crippen molar-refractivity contribution in [1.29, 1.82) is 0 Å². The van der Waals surface area contributed by atoms with E-state index in [1.54, 1.807) is 0 Å². The maximum atomic E-state index is 11.8. The van der Waals surface area contributed by atoms with Gasteiger partial charge in [0, 0.05) is 12.3 Å². The van der Waals surface area contributed by atoms with Crippen molar-refractivity contribution in [2.75, 3.05) is 0 Å². The summed E-state index contributed by atoms with van der Waals surface area (Å²) in [4.78, 5) is 0. The first-order valence-corrected chi connectivity index (χ1v) is 9.10. The average Bonchev–Trinajstić information content (AvgIpc) is 2.40. The summed E-state index contributed by atoms with van der Waals surface area (Å²) in [6.45, 7) is 0. The summed E-state index contributed by atoms with van der Waals surface area (Å²) in [5.74, 6) is 0. The van der Waals surface area contributed by atoms with E-state index < -0.39 is 16.1 Å². The summed E-state index contributed by atoms with van der Waals surface area (Å²) < 4.78 is 28.8. The second kappa shape index (κ2) is 7.45. The molecule has 0 heterocycles. The first-order chi connectivity index (χ1) is 9.24. The molecular formula is C14H16O3P2. The second-order valence-corrected chi connectivity index (χ2v) is 7.18. The van der Waals surface area contributed by atoms with Crippen LogP contribution in [-0.4, -0.2) is 0 Å². The Morgan fingerprint density at radius 1 is 0.684 bits per heavy atom. The molecule has 0 saturated carbocycles. The predicted molar refractivity (Wildman–Crippen MR) is 79.4 cm³/mol. The molecule has 0 aliphatic carbocycles. The first-order valence-electron chi connectivity index (χ1n) is 6.05. The molecule has 0 N–H and O–H groups in total. The van der Waals surface area contributed by atoms with Crippen molar-refractivity contribution in [3.63, 3.8) is 0 Å². The van der Waals surface area contributed by atoms with Crippen molar-refractivity contribution in [3.05, 3.63) is 71.8 Å². The van der Waals surface area contributed by atoms with Gasteiger partial charge in [-0.3, -0.25) is 13.4 Å². The van der Waals surface area contributed by atoms with Crippen LogP contribution in [0.25, 0.3) is 0 Å². The van der Waals surface area contributed by atoms with Crippen LogP contribution >= 0.6 is 16.1 Å². The Bertz CT molecular complexity index is 504. The van der Waals surface area contributed by atoms with Crippen molar-refractivity contribution < 1.29 is 13.4 Å². The van der Waals surface area contributed by atoms with Crippen LogP contribution in [0.3, 0.4) is 0 Å². The van der Waals surface area contributed by atoms with Crippen molar-refractivity contribution in [3.8, 4) is 0 Å². The van der Waals surface area contributed by atoms with Gasteiger partial charge >= 0.3 is 0 Å². The van der Waals surface area contributed by atoms with Gasteiger partial charge in [0.1, 0.15) is 0 Å². The average molecular weight is 294 g/mol. The first kappa shape index (κ1) is 14.3. The molecule has 2 rings (SSSR count). The van der Waals surface area contributed by atoms with E-state index in [4.69, 9.17) is 4.31 Å². The summed E-state index contributed by atoms with van der Waals surface area (Å²) >= 11 is 0. The Labute approximate surface area is 114 Å². The molecule has 3 nitrogen and oxygen atoms in total. The summed E-state index contributed by atoms with van der Waals surface area (Å²) in [6.07, 6.45) is 0.688. The maximum absolute atomic E-state index is 11.8. The third-order valence-corrected chi connectivity index (χ3v) is 5.83. The zero-order chi connectivity index (χ0) is 13.5. The Kier molecular flexibility index (Phi) is 5.60. The second-order valence-electron chi connectivity index (χ2n) is 4.17. The van der Waals surface area contributed by atoms with Crippen LogP contribution in [0.2, 0.25) is 0 Å². The molecule has 0 aliphatic heterocycles. The minimum absolute atomic E-state index is 0.344. The summed E-state index contributed by atoms with van der Waals surface area (Å²) in [5.41, 5.74) is 1.89. The van der Waals surface area contributed by atoms with Gasteiger partial charge in [0.15, 0.2) is 0 Å². The predicted octanol–water partition coefficient (Wildman–Crippen LogP) is 4.35. The fourth-order valence-corrected chi connectivity index (χ4v) is 4.46. The third-order valence-electron chi connectivity index (χ3n) is 2.61. The minimum atomic E-state index is -2.28. The van der Waals surface area contributed by atoms with E-state index in [0.29, 0.717) is 12.3 Å². The standard InChI is InChI=1S/C14H16O3P2/c15-18(11-13-7-3-1-4-8-13)17-19(16)12-14-9-5-2-6-10-14/h1-10,18-19H,11-12H2. The quantitative estimate of drug-likeness (QED) is 0.744. The third kappa shape index (κ3) is 5.16. The topological polar surface area (TPSA) is 43.4 Å². The van der Waals surface area contributed by atoms with Crippen LogP contribution < -0.4 is 0 Å². The zero-order valence-corrected chi connectivity index (χ0v) is 12.4. The van der Waals surface area contributed by atoms with E-state index in [1.165, 1.54) is 0 Å². The van der Waals surface area contributed by atoms with E-state index >= 15 is 0 Å². The van der Waals surface area contributed by atoms with Gasteiger partial charge in [-0.25, -0.2) is 0 Å². The summed E-state index contributed by atoms with van der Waals surface area (Å²) in [7, 11) is -4.55. The number of benzene rings is 2. The lowest BCUT2D eigenvalue weighted by Crippen LogP contribution is -1.82. The van der Waals surface area contributed by atoms with Gasteiger partial charge in [-0.05, 0) is 11.1 Å². The van der Waals surface area contributed by atoms with Crippen molar-refractivity contribution in [2.45, 2.75) is 12.3 Å². The molecule has 0 radical (unpaired) electrons. The molecule has 2 aromatic carbocycles. The van der Waals surface area contributed by atoms with Crippen LogP contribution in [0.1, 0.15) is 11.1 Å². The van der Waals surface area contributed by atoms with Gasteiger partial charge in [-0.2, -0.15) is 0 Å². The number of hydrogen-bond donors (Lipinski definition) is 0. The van der Waals surface area contributed by atoms with Crippen molar-refractivity contribution >= 4 is 16.1 Å². The fraction of sp³-hybridized carbons (Fsp3) is 0.143. The Morgan fingerprint density at radius 3 is 1.42 bits per heavy atom. The van der Waals surface area contributed by atoms with Crippen LogP contribution in [0.5, 0.6) is 0 Å². The lowest BCUT2D eigenvalue weighted by Gasteiger charge is -2.05. The SMILES string of the molecule is O=[PH](Cc1ccccc1)O[PH](=O)Cc1ccccc1. The molecule has 5 heteroatoms. The number of rotatable bonds is 6. The van der Waals surface area contributed by atoms with Crippen LogP contribution in [0, 0.1) is 0 Å². The van der Waals surface area contributed by atoms with Gasteiger partial charge in [0.25, 0.3) is 0 Å². The van der Waals surface area contributed by atoms with Gasteiger partial charge in [0.2, 0.25) is 16.1 Å². The molecule has 100 valence electrons. The summed E-state index contributed by atoms with van der Waals surface area (Å²) in [6, 6.07) is 18.9. The van der Waals surface area contributed by atoms with Gasteiger partial charge < -0.3 is 0 Å². The van der Waals surface area contributed by atoms with Crippen LogP contribution in [0.4, 0.5) is 0 Å². The van der Waals surface area contributed by atoms with Gasteiger partial charge in [-0.1, -0.05) is 60.7 Å². The Morgan fingerprint density at radius 2 is 1.05 bits per heavy atom. The smallest absolute Gasteiger partial charge is 0.201 e.